The van der Waals surface area contributed by atoms with E-state index in [1.165, 1.54) is 56.1 Å². The molecular formula is C19H29NO. The standard InChI is InChI=1S/C19H29NO/c1-14-5-7-15(8-6-14)11-12-20-19-4-2-3-16-9-10-17(21)13-18(16)19/h9-10,13-15,19-21H,2-8,11-12H2,1H3. The quantitative estimate of drug-likeness (QED) is 0.850. The first kappa shape index (κ1) is 14.9. The molecule has 2 aliphatic carbocycles. The van der Waals surface area contributed by atoms with E-state index in [-0.39, 0.29) is 0 Å². The van der Waals surface area contributed by atoms with Gasteiger partial charge in [-0.05, 0) is 67.3 Å². The number of phenolic OH excluding ortho intramolecular Hbond substituents is 1. The van der Waals surface area contributed by atoms with E-state index in [1.807, 2.05) is 12.1 Å². The van der Waals surface area contributed by atoms with Crippen molar-refractivity contribution in [3.8, 4) is 5.75 Å². The second kappa shape index (κ2) is 6.83. The predicted molar refractivity (Wildman–Crippen MR) is 87.5 cm³/mol. The van der Waals surface area contributed by atoms with E-state index in [4.69, 9.17) is 0 Å². The van der Waals surface area contributed by atoms with E-state index in [9.17, 15) is 5.11 Å². The zero-order chi connectivity index (χ0) is 14.7. The summed E-state index contributed by atoms with van der Waals surface area (Å²) >= 11 is 0. The van der Waals surface area contributed by atoms with Crippen LogP contribution in [0.1, 0.15) is 69.0 Å². The SMILES string of the molecule is CC1CCC(CCNC2CCCc3ccc(O)cc32)CC1. The Morgan fingerprint density at radius 2 is 1.95 bits per heavy atom. The van der Waals surface area contributed by atoms with E-state index >= 15 is 0 Å². The lowest BCUT2D eigenvalue weighted by molar-refractivity contribution is 0.271. The van der Waals surface area contributed by atoms with Crippen LogP contribution in [0.15, 0.2) is 18.2 Å². The van der Waals surface area contributed by atoms with Crippen molar-refractivity contribution < 1.29 is 5.11 Å². The zero-order valence-corrected chi connectivity index (χ0v) is 13.3. The summed E-state index contributed by atoms with van der Waals surface area (Å²) in [5.74, 6) is 2.28. The zero-order valence-electron chi connectivity index (χ0n) is 13.3. The third kappa shape index (κ3) is 3.79. The summed E-state index contributed by atoms with van der Waals surface area (Å²) in [6.07, 6.45) is 10.6. The van der Waals surface area contributed by atoms with Crippen LogP contribution in [0.2, 0.25) is 0 Å². The molecule has 0 saturated heterocycles. The molecule has 2 aliphatic rings. The number of rotatable bonds is 4. The Kier molecular flexibility index (Phi) is 4.84. The third-order valence-electron chi connectivity index (χ3n) is 5.52. The number of benzene rings is 1. The van der Waals surface area contributed by atoms with Gasteiger partial charge < -0.3 is 10.4 Å². The van der Waals surface area contributed by atoms with Gasteiger partial charge in [0, 0.05) is 6.04 Å². The van der Waals surface area contributed by atoms with Gasteiger partial charge in [0.05, 0.1) is 0 Å². The highest BCUT2D eigenvalue weighted by molar-refractivity contribution is 5.38. The Labute approximate surface area is 129 Å². The molecule has 0 bridgehead atoms. The van der Waals surface area contributed by atoms with Crippen LogP contribution < -0.4 is 5.32 Å². The van der Waals surface area contributed by atoms with E-state index in [1.54, 1.807) is 0 Å². The van der Waals surface area contributed by atoms with Crippen LogP contribution in [-0.4, -0.2) is 11.7 Å². The van der Waals surface area contributed by atoms with Crippen LogP contribution in [-0.2, 0) is 6.42 Å². The number of aryl methyl sites for hydroxylation is 1. The van der Waals surface area contributed by atoms with Crippen LogP contribution in [0.3, 0.4) is 0 Å². The van der Waals surface area contributed by atoms with Gasteiger partial charge in [-0.1, -0.05) is 38.7 Å². The molecule has 2 heteroatoms. The molecule has 0 aromatic heterocycles. The van der Waals surface area contributed by atoms with Crippen molar-refractivity contribution in [2.75, 3.05) is 6.54 Å². The minimum absolute atomic E-state index is 0.406. The lowest BCUT2D eigenvalue weighted by Crippen LogP contribution is -2.27. The Morgan fingerprint density at radius 1 is 1.14 bits per heavy atom. The van der Waals surface area contributed by atoms with Crippen molar-refractivity contribution in [3.05, 3.63) is 29.3 Å². The van der Waals surface area contributed by atoms with Gasteiger partial charge in [-0.15, -0.1) is 0 Å². The summed E-state index contributed by atoms with van der Waals surface area (Å²) < 4.78 is 0. The van der Waals surface area contributed by atoms with Crippen LogP contribution in [0.4, 0.5) is 0 Å². The summed E-state index contributed by atoms with van der Waals surface area (Å²) in [7, 11) is 0. The molecule has 1 saturated carbocycles. The average molecular weight is 287 g/mol. The van der Waals surface area contributed by atoms with Crippen LogP contribution in [0, 0.1) is 11.8 Å². The van der Waals surface area contributed by atoms with Crippen LogP contribution >= 0.6 is 0 Å². The maximum absolute atomic E-state index is 9.73. The highest BCUT2D eigenvalue weighted by atomic mass is 16.3. The number of nitrogens with one attached hydrogen (secondary N) is 1. The molecule has 2 nitrogen and oxygen atoms in total. The lowest BCUT2D eigenvalue weighted by atomic mass is 9.81. The summed E-state index contributed by atoms with van der Waals surface area (Å²) in [4.78, 5) is 0. The minimum Gasteiger partial charge on any atom is -0.508 e. The summed E-state index contributed by atoms with van der Waals surface area (Å²) in [6.45, 7) is 3.51. The summed E-state index contributed by atoms with van der Waals surface area (Å²) in [6, 6.07) is 6.34. The van der Waals surface area contributed by atoms with E-state index in [0.29, 0.717) is 11.8 Å². The number of aromatic hydroxyl groups is 1. The largest absolute Gasteiger partial charge is 0.508 e. The first-order valence-electron chi connectivity index (χ1n) is 8.77. The summed E-state index contributed by atoms with van der Waals surface area (Å²) in [5.41, 5.74) is 2.75. The highest BCUT2D eigenvalue weighted by Crippen LogP contribution is 2.33. The average Bonchev–Trinajstić information content (AvgIpc) is 2.50. The first-order chi connectivity index (χ1) is 10.2. The van der Waals surface area contributed by atoms with Gasteiger partial charge in [-0.3, -0.25) is 0 Å². The first-order valence-corrected chi connectivity index (χ1v) is 8.77. The van der Waals surface area contributed by atoms with Crippen molar-refractivity contribution in [2.24, 2.45) is 11.8 Å². The van der Waals surface area contributed by atoms with Gasteiger partial charge in [0.25, 0.3) is 0 Å². The van der Waals surface area contributed by atoms with Crippen molar-refractivity contribution in [3.63, 3.8) is 0 Å². The van der Waals surface area contributed by atoms with Crippen LogP contribution in [0.5, 0.6) is 5.75 Å². The molecule has 2 N–H and O–H groups in total. The van der Waals surface area contributed by atoms with Gasteiger partial charge in [0.2, 0.25) is 0 Å². The Balaban J connectivity index is 1.51. The van der Waals surface area contributed by atoms with Crippen LogP contribution in [0.25, 0.3) is 0 Å². The highest BCUT2D eigenvalue weighted by Gasteiger charge is 2.21. The molecule has 1 unspecified atom stereocenters. The van der Waals surface area contributed by atoms with Crippen molar-refractivity contribution in [1.29, 1.82) is 0 Å². The second-order valence-corrected chi connectivity index (χ2v) is 7.20. The Morgan fingerprint density at radius 3 is 2.76 bits per heavy atom. The maximum Gasteiger partial charge on any atom is 0.115 e. The van der Waals surface area contributed by atoms with E-state index in [2.05, 4.69) is 18.3 Å². The van der Waals surface area contributed by atoms with Crippen molar-refractivity contribution in [1.82, 2.24) is 5.32 Å². The molecule has 0 heterocycles. The normalized spacial score (nSPS) is 29.1. The molecule has 1 atom stereocenters. The fourth-order valence-electron chi connectivity index (χ4n) is 4.08. The molecule has 3 rings (SSSR count). The molecule has 1 fully saturated rings. The molecule has 1 aromatic carbocycles. The number of phenols is 1. The topological polar surface area (TPSA) is 32.3 Å². The molecule has 116 valence electrons. The molecule has 0 aliphatic heterocycles. The Bertz CT molecular complexity index is 463. The Hall–Kier alpha value is -1.02. The van der Waals surface area contributed by atoms with Gasteiger partial charge in [-0.2, -0.15) is 0 Å². The maximum atomic E-state index is 9.73. The smallest absolute Gasteiger partial charge is 0.115 e. The molecule has 1 aromatic rings. The van der Waals surface area contributed by atoms with Crippen molar-refractivity contribution in [2.45, 2.75) is 64.3 Å². The molecule has 0 spiro atoms. The lowest BCUT2D eigenvalue weighted by Gasteiger charge is -2.29. The second-order valence-electron chi connectivity index (χ2n) is 7.20. The monoisotopic (exact) mass is 287 g/mol. The van der Waals surface area contributed by atoms with Gasteiger partial charge in [-0.25, -0.2) is 0 Å². The van der Waals surface area contributed by atoms with Gasteiger partial charge in [0.15, 0.2) is 0 Å². The fraction of sp³-hybridized carbons (Fsp3) is 0.684. The predicted octanol–water partition coefficient (Wildman–Crippen LogP) is 4.58. The number of hydrogen-bond donors (Lipinski definition) is 2. The molecular weight excluding hydrogens is 258 g/mol. The number of hydrogen-bond acceptors (Lipinski definition) is 2. The van der Waals surface area contributed by atoms with Crippen molar-refractivity contribution >= 4 is 0 Å². The third-order valence-corrected chi connectivity index (χ3v) is 5.52. The van der Waals surface area contributed by atoms with Gasteiger partial charge >= 0.3 is 0 Å². The number of fused-ring (bicyclic) bond motifs is 1. The van der Waals surface area contributed by atoms with E-state index in [0.717, 1.165) is 24.8 Å². The minimum atomic E-state index is 0.406. The molecule has 0 radical (unpaired) electrons. The summed E-state index contributed by atoms with van der Waals surface area (Å²) in [5, 5.41) is 13.5. The van der Waals surface area contributed by atoms with E-state index < -0.39 is 0 Å². The molecule has 21 heavy (non-hydrogen) atoms. The molecule has 0 amide bonds. The fourth-order valence-corrected chi connectivity index (χ4v) is 4.08. The van der Waals surface area contributed by atoms with Gasteiger partial charge in [0.1, 0.15) is 5.75 Å².